The number of aromatic amines is 1. The molecule has 0 radical (unpaired) electrons. The summed E-state index contributed by atoms with van der Waals surface area (Å²) in [6.07, 6.45) is 3.16. The van der Waals surface area contributed by atoms with Gasteiger partial charge in [-0.25, -0.2) is 9.97 Å². The highest BCUT2D eigenvalue weighted by Crippen LogP contribution is 2.20. The standard InChI is InChI=1S/C13H14N6O/c1-3-19-11-8(7(2)17-13(14)18-11)4-9(12(19)20)10-5-15-6-16-10/h4-6H,3H2,1-2H3,(H,15,16)(H2,14,17,18). The smallest absolute Gasteiger partial charge is 0.261 e. The van der Waals surface area contributed by atoms with E-state index >= 15 is 0 Å². The van der Waals surface area contributed by atoms with Crippen molar-refractivity contribution >= 4 is 17.0 Å². The van der Waals surface area contributed by atoms with Crippen LogP contribution >= 0.6 is 0 Å². The first kappa shape index (κ1) is 12.3. The average Bonchev–Trinajstić information content (AvgIpc) is 2.92. The fourth-order valence-corrected chi connectivity index (χ4v) is 2.30. The molecule has 0 aliphatic rings. The highest BCUT2D eigenvalue weighted by Gasteiger charge is 2.14. The second kappa shape index (κ2) is 4.44. The minimum absolute atomic E-state index is 0.123. The number of nitrogens with two attached hydrogens (primary N) is 1. The SMILES string of the molecule is CCn1c(=O)c(-c2cnc[nH]2)cc2c(C)nc(N)nc21. The van der Waals surface area contributed by atoms with Gasteiger partial charge >= 0.3 is 0 Å². The molecule has 0 spiro atoms. The Balaban J connectivity index is 2.46. The molecular weight excluding hydrogens is 256 g/mol. The Bertz CT molecular complexity index is 834. The maximum absolute atomic E-state index is 12.5. The fourth-order valence-electron chi connectivity index (χ4n) is 2.30. The Hall–Kier alpha value is -2.70. The van der Waals surface area contributed by atoms with Crippen molar-refractivity contribution in [3.63, 3.8) is 0 Å². The van der Waals surface area contributed by atoms with Gasteiger partial charge in [0, 0.05) is 11.9 Å². The molecule has 0 aliphatic heterocycles. The summed E-state index contributed by atoms with van der Waals surface area (Å²) in [5.41, 5.74) is 8.09. The van der Waals surface area contributed by atoms with Crippen LogP contribution in [0.15, 0.2) is 23.4 Å². The minimum Gasteiger partial charge on any atom is -0.368 e. The highest BCUT2D eigenvalue weighted by molar-refractivity contribution is 5.83. The van der Waals surface area contributed by atoms with Crippen molar-refractivity contribution in [3.05, 3.63) is 34.6 Å². The third-order valence-electron chi connectivity index (χ3n) is 3.26. The zero-order valence-electron chi connectivity index (χ0n) is 11.2. The molecule has 3 aromatic heterocycles. The third kappa shape index (κ3) is 1.75. The van der Waals surface area contributed by atoms with Crippen molar-refractivity contribution in [3.8, 4) is 11.3 Å². The zero-order chi connectivity index (χ0) is 14.3. The molecule has 20 heavy (non-hydrogen) atoms. The lowest BCUT2D eigenvalue weighted by atomic mass is 10.1. The molecule has 0 aliphatic carbocycles. The molecule has 3 heterocycles. The van der Waals surface area contributed by atoms with E-state index in [1.54, 1.807) is 23.2 Å². The lowest BCUT2D eigenvalue weighted by Gasteiger charge is -2.11. The van der Waals surface area contributed by atoms with Crippen molar-refractivity contribution < 1.29 is 0 Å². The number of nitrogen functional groups attached to an aromatic ring is 1. The van der Waals surface area contributed by atoms with E-state index in [2.05, 4.69) is 19.9 Å². The van der Waals surface area contributed by atoms with Gasteiger partial charge in [-0.2, -0.15) is 4.98 Å². The van der Waals surface area contributed by atoms with E-state index in [4.69, 9.17) is 5.73 Å². The zero-order valence-corrected chi connectivity index (χ0v) is 11.2. The molecule has 0 bridgehead atoms. The summed E-state index contributed by atoms with van der Waals surface area (Å²) >= 11 is 0. The minimum atomic E-state index is -0.123. The molecule has 0 amide bonds. The summed E-state index contributed by atoms with van der Waals surface area (Å²) in [5.74, 6) is 0.172. The number of rotatable bonds is 2. The Labute approximate surface area is 114 Å². The van der Waals surface area contributed by atoms with Gasteiger partial charge in [0.05, 0.1) is 29.5 Å². The lowest BCUT2D eigenvalue weighted by molar-refractivity contribution is 0.750. The molecule has 0 unspecified atom stereocenters. The first-order chi connectivity index (χ1) is 9.61. The largest absolute Gasteiger partial charge is 0.368 e. The van der Waals surface area contributed by atoms with Crippen molar-refractivity contribution in [1.29, 1.82) is 0 Å². The number of nitrogens with zero attached hydrogens (tertiary/aromatic N) is 4. The highest BCUT2D eigenvalue weighted by atomic mass is 16.1. The number of anilines is 1. The van der Waals surface area contributed by atoms with E-state index in [0.29, 0.717) is 23.4 Å². The molecule has 7 heteroatoms. The van der Waals surface area contributed by atoms with Gasteiger partial charge in [0.25, 0.3) is 5.56 Å². The van der Waals surface area contributed by atoms with Crippen LogP contribution in [0.1, 0.15) is 12.6 Å². The average molecular weight is 270 g/mol. The van der Waals surface area contributed by atoms with Gasteiger partial charge < -0.3 is 10.7 Å². The number of imidazole rings is 1. The van der Waals surface area contributed by atoms with Gasteiger partial charge in [0.15, 0.2) is 0 Å². The molecular formula is C13H14N6O. The molecule has 3 N–H and O–H groups in total. The second-order valence-corrected chi connectivity index (χ2v) is 4.48. The summed E-state index contributed by atoms with van der Waals surface area (Å²) in [4.78, 5) is 27.8. The van der Waals surface area contributed by atoms with Gasteiger partial charge in [-0.1, -0.05) is 0 Å². The number of nitrogens with one attached hydrogen (secondary N) is 1. The topological polar surface area (TPSA) is 102 Å². The van der Waals surface area contributed by atoms with Crippen LogP contribution in [-0.2, 0) is 6.54 Å². The van der Waals surface area contributed by atoms with E-state index in [1.165, 1.54) is 0 Å². The monoisotopic (exact) mass is 270 g/mol. The Kier molecular flexibility index (Phi) is 2.74. The van der Waals surface area contributed by atoms with Crippen LogP contribution in [0.3, 0.4) is 0 Å². The molecule has 0 saturated carbocycles. The van der Waals surface area contributed by atoms with Crippen LogP contribution < -0.4 is 11.3 Å². The summed E-state index contributed by atoms with van der Waals surface area (Å²) < 4.78 is 1.59. The van der Waals surface area contributed by atoms with Gasteiger partial charge in [-0.15, -0.1) is 0 Å². The summed E-state index contributed by atoms with van der Waals surface area (Å²) in [6.45, 7) is 4.25. The summed E-state index contributed by atoms with van der Waals surface area (Å²) in [7, 11) is 0. The van der Waals surface area contributed by atoms with Gasteiger partial charge in [-0.3, -0.25) is 9.36 Å². The van der Waals surface area contributed by atoms with E-state index in [1.807, 2.05) is 13.8 Å². The number of aromatic nitrogens is 5. The van der Waals surface area contributed by atoms with Gasteiger partial charge in [0.2, 0.25) is 5.95 Å². The molecule has 0 fully saturated rings. The molecule has 102 valence electrons. The van der Waals surface area contributed by atoms with E-state index < -0.39 is 0 Å². The predicted octanol–water partition coefficient (Wildman–Crippen LogP) is 1.09. The lowest BCUT2D eigenvalue weighted by Crippen LogP contribution is -2.23. The molecule has 0 saturated heterocycles. The molecule has 0 aromatic carbocycles. The van der Waals surface area contributed by atoms with Crippen LogP contribution in [0.4, 0.5) is 5.95 Å². The van der Waals surface area contributed by atoms with E-state index in [0.717, 1.165) is 11.1 Å². The van der Waals surface area contributed by atoms with Crippen molar-refractivity contribution in [2.24, 2.45) is 0 Å². The Morgan fingerprint density at radius 3 is 2.85 bits per heavy atom. The van der Waals surface area contributed by atoms with E-state index in [9.17, 15) is 4.79 Å². The quantitative estimate of drug-likeness (QED) is 0.725. The summed E-state index contributed by atoms with van der Waals surface area (Å²) in [5, 5.41) is 0.810. The Morgan fingerprint density at radius 1 is 1.40 bits per heavy atom. The molecule has 3 rings (SSSR count). The van der Waals surface area contributed by atoms with Crippen molar-refractivity contribution in [1.82, 2.24) is 24.5 Å². The van der Waals surface area contributed by atoms with Crippen LogP contribution in [0.25, 0.3) is 22.3 Å². The molecule has 0 atom stereocenters. The number of hydrogen-bond donors (Lipinski definition) is 2. The number of hydrogen-bond acceptors (Lipinski definition) is 5. The van der Waals surface area contributed by atoms with Crippen LogP contribution in [-0.4, -0.2) is 24.5 Å². The second-order valence-electron chi connectivity index (χ2n) is 4.48. The number of H-pyrrole nitrogens is 1. The van der Waals surface area contributed by atoms with Gasteiger partial charge in [0.1, 0.15) is 5.65 Å². The first-order valence-corrected chi connectivity index (χ1v) is 6.28. The van der Waals surface area contributed by atoms with Crippen LogP contribution in [0.5, 0.6) is 0 Å². The Morgan fingerprint density at radius 2 is 2.20 bits per heavy atom. The third-order valence-corrected chi connectivity index (χ3v) is 3.26. The maximum Gasteiger partial charge on any atom is 0.261 e. The predicted molar refractivity (Wildman–Crippen MR) is 76.2 cm³/mol. The number of pyridine rings is 1. The molecule has 7 nitrogen and oxygen atoms in total. The van der Waals surface area contributed by atoms with Crippen LogP contribution in [0.2, 0.25) is 0 Å². The number of aryl methyl sites for hydroxylation is 2. The fraction of sp³-hybridized carbons (Fsp3) is 0.231. The van der Waals surface area contributed by atoms with E-state index in [-0.39, 0.29) is 11.5 Å². The maximum atomic E-state index is 12.5. The first-order valence-electron chi connectivity index (χ1n) is 6.28. The van der Waals surface area contributed by atoms with Crippen molar-refractivity contribution in [2.45, 2.75) is 20.4 Å². The van der Waals surface area contributed by atoms with Gasteiger partial charge in [-0.05, 0) is 19.9 Å². The normalized spacial score (nSPS) is 11.1. The van der Waals surface area contributed by atoms with Crippen molar-refractivity contribution in [2.75, 3.05) is 5.73 Å². The molecule has 3 aromatic rings. The summed E-state index contributed by atoms with van der Waals surface area (Å²) in [6, 6.07) is 1.78. The number of fused-ring (bicyclic) bond motifs is 1. The van der Waals surface area contributed by atoms with Crippen LogP contribution in [0, 0.1) is 6.92 Å².